The highest BCUT2D eigenvalue weighted by molar-refractivity contribution is 6.17. The lowest BCUT2D eigenvalue weighted by Gasteiger charge is -2.20. The summed E-state index contributed by atoms with van der Waals surface area (Å²) < 4.78 is 1.92. The molecule has 4 heteroatoms. The first-order valence-electron chi connectivity index (χ1n) is 5.41. The van der Waals surface area contributed by atoms with Crippen molar-refractivity contribution in [3.63, 3.8) is 0 Å². The second-order valence-corrected chi connectivity index (χ2v) is 4.19. The van der Waals surface area contributed by atoms with Crippen LogP contribution >= 0.6 is 11.6 Å². The Labute approximate surface area is 97.0 Å². The van der Waals surface area contributed by atoms with E-state index in [1.165, 1.54) is 12.8 Å². The maximum absolute atomic E-state index is 5.95. The van der Waals surface area contributed by atoms with Crippen molar-refractivity contribution in [1.29, 1.82) is 0 Å². The molecule has 86 valence electrons. The number of rotatable bonds is 5. The standard InChI is InChI=1S/C11H20ClN3/c1-5-6-7-14(3)11-10(8-12)9(2)13-15(11)4/h5-8H2,1-4H3. The van der Waals surface area contributed by atoms with Crippen LogP contribution in [-0.2, 0) is 12.9 Å². The molecule has 0 fully saturated rings. The summed E-state index contributed by atoms with van der Waals surface area (Å²) in [6.45, 7) is 5.26. The van der Waals surface area contributed by atoms with Crippen molar-refractivity contribution in [2.24, 2.45) is 7.05 Å². The monoisotopic (exact) mass is 229 g/mol. The van der Waals surface area contributed by atoms with E-state index in [0.29, 0.717) is 5.88 Å². The highest BCUT2D eigenvalue weighted by atomic mass is 35.5. The van der Waals surface area contributed by atoms with Gasteiger partial charge in [0, 0.05) is 26.2 Å². The zero-order chi connectivity index (χ0) is 11.4. The van der Waals surface area contributed by atoms with Crippen LogP contribution < -0.4 is 4.90 Å². The predicted octanol–water partition coefficient (Wildman–Crippen LogP) is 2.70. The third-order valence-electron chi connectivity index (χ3n) is 2.66. The number of anilines is 1. The number of aryl methyl sites for hydroxylation is 2. The number of aromatic nitrogens is 2. The molecule has 0 bridgehead atoms. The highest BCUT2D eigenvalue weighted by Crippen LogP contribution is 2.24. The fourth-order valence-electron chi connectivity index (χ4n) is 1.82. The normalized spacial score (nSPS) is 10.7. The van der Waals surface area contributed by atoms with Gasteiger partial charge in [-0.25, -0.2) is 0 Å². The molecule has 0 saturated carbocycles. The van der Waals surface area contributed by atoms with Crippen molar-refractivity contribution in [2.45, 2.75) is 32.6 Å². The van der Waals surface area contributed by atoms with E-state index in [9.17, 15) is 0 Å². The van der Waals surface area contributed by atoms with Crippen molar-refractivity contribution in [3.8, 4) is 0 Å². The van der Waals surface area contributed by atoms with Gasteiger partial charge < -0.3 is 4.90 Å². The molecule has 0 spiro atoms. The van der Waals surface area contributed by atoms with Gasteiger partial charge in [0.1, 0.15) is 5.82 Å². The number of alkyl halides is 1. The third-order valence-corrected chi connectivity index (χ3v) is 2.92. The van der Waals surface area contributed by atoms with Gasteiger partial charge in [-0.1, -0.05) is 13.3 Å². The summed E-state index contributed by atoms with van der Waals surface area (Å²) >= 11 is 5.95. The van der Waals surface area contributed by atoms with Crippen molar-refractivity contribution in [3.05, 3.63) is 11.3 Å². The predicted molar refractivity (Wildman–Crippen MR) is 65.7 cm³/mol. The fourth-order valence-corrected chi connectivity index (χ4v) is 2.14. The Morgan fingerprint density at radius 2 is 2.13 bits per heavy atom. The lowest BCUT2D eigenvalue weighted by Crippen LogP contribution is -2.22. The SMILES string of the molecule is CCCCN(C)c1c(CCl)c(C)nn1C. The van der Waals surface area contributed by atoms with Crippen LogP contribution in [-0.4, -0.2) is 23.4 Å². The minimum atomic E-state index is 0.533. The third kappa shape index (κ3) is 2.65. The number of hydrogen-bond donors (Lipinski definition) is 0. The summed E-state index contributed by atoms with van der Waals surface area (Å²) in [4.78, 5) is 2.24. The molecule has 1 aromatic rings. The fraction of sp³-hybridized carbons (Fsp3) is 0.727. The van der Waals surface area contributed by atoms with Gasteiger partial charge in [-0.2, -0.15) is 5.10 Å². The van der Waals surface area contributed by atoms with E-state index in [1.807, 2.05) is 18.7 Å². The van der Waals surface area contributed by atoms with Crippen molar-refractivity contribution < 1.29 is 0 Å². The van der Waals surface area contributed by atoms with Crippen LogP contribution in [0.2, 0.25) is 0 Å². The minimum absolute atomic E-state index is 0.533. The van der Waals surface area contributed by atoms with Crippen LogP contribution in [0, 0.1) is 6.92 Å². The van der Waals surface area contributed by atoms with Gasteiger partial charge in [0.25, 0.3) is 0 Å². The largest absolute Gasteiger partial charge is 0.360 e. The van der Waals surface area contributed by atoms with E-state index in [0.717, 1.165) is 23.6 Å². The average Bonchev–Trinajstić information content (AvgIpc) is 2.49. The number of halogens is 1. The van der Waals surface area contributed by atoms with Gasteiger partial charge >= 0.3 is 0 Å². The van der Waals surface area contributed by atoms with E-state index >= 15 is 0 Å². The second-order valence-electron chi connectivity index (χ2n) is 3.92. The summed E-state index contributed by atoms with van der Waals surface area (Å²) in [6.07, 6.45) is 2.40. The van der Waals surface area contributed by atoms with Crippen molar-refractivity contribution >= 4 is 17.4 Å². The maximum atomic E-state index is 5.95. The quantitative estimate of drug-likeness (QED) is 0.724. The Morgan fingerprint density at radius 1 is 1.47 bits per heavy atom. The minimum Gasteiger partial charge on any atom is -0.360 e. The Bertz CT molecular complexity index is 320. The number of unbranched alkanes of at least 4 members (excludes halogenated alkanes) is 1. The molecule has 0 aliphatic rings. The van der Waals surface area contributed by atoms with Crippen molar-refractivity contribution in [1.82, 2.24) is 9.78 Å². The first-order chi connectivity index (χ1) is 7.11. The Hall–Kier alpha value is -0.700. The van der Waals surface area contributed by atoms with Crippen molar-refractivity contribution in [2.75, 3.05) is 18.5 Å². The van der Waals surface area contributed by atoms with Crippen LogP contribution in [0.4, 0.5) is 5.82 Å². The lowest BCUT2D eigenvalue weighted by molar-refractivity contribution is 0.701. The number of hydrogen-bond acceptors (Lipinski definition) is 2. The highest BCUT2D eigenvalue weighted by Gasteiger charge is 2.15. The molecular formula is C11H20ClN3. The Balaban J connectivity index is 2.91. The molecule has 0 atom stereocenters. The van der Waals surface area contributed by atoms with Gasteiger partial charge in [-0.05, 0) is 13.3 Å². The summed E-state index contributed by atoms with van der Waals surface area (Å²) in [7, 11) is 4.07. The molecule has 1 heterocycles. The molecule has 0 aliphatic carbocycles. The van der Waals surface area contributed by atoms with Gasteiger partial charge in [0.2, 0.25) is 0 Å². The average molecular weight is 230 g/mol. The molecule has 0 saturated heterocycles. The van der Waals surface area contributed by atoms with E-state index in [-0.39, 0.29) is 0 Å². The lowest BCUT2D eigenvalue weighted by atomic mass is 10.2. The second kappa shape index (κ2) is 5.40. The zero-order valence-electron chi connectivity index (χ0n) is 10.0. The summed E-state index contributed by atoms with van der Waals surface area (Å²) in [5, 5.41) is 4.40. The molecule has 0 aromatic carbocycles. The van der Waals surface area contributed by atoms with Crippen LogP contribution in [0.1, 0.15) is 31.0 Å². The first kappa shape index (κ1) is 12.4. The summed E-state index contributed by atoms with van der Waals surface area (Å²) in [5.74, 6) is 1.68. The molecule has 1 rings (SSSR count). The molecule has 0 radical (unpaired) electrons. The van der Waals surface area contributed by atoms with Crippen LogP contribution in [0.15, 0.2) is 0 Å². The molecule has 0 unspecified atom stereocenters. The zero-order valence-corrected chi connectivity index (χ0v) is 10.8. The van der Waals surface area contributed by atoms with E-state index in [1.54, 1.807) is 0 Å². The van der Waals surface area contributed by atoms with E-state index < -0.39 is 0 Å². The smallest absolute Gasteiger partial charge is 0.130 e. The molecule has 0 N–H and O–H groups in total. The summed E-state index contributed by atoms with van der Waals surface area (Å²) in [5.41, 5.74) is 2.18. The van der Waals surface area contributed by atoms with Crippen LogP contribution in [0.3, 0.4) is 0 Å². The molecular weight excluding hydrogens is 210 g/mol. The van der Waals surface area contributed by atoms with E-state index in [2.05, 4.69) is 24.0 Å². The van der Waals surface area contributed by atoms with Gasteiger partial charge in [0.15, 0.2) is 0 Å². The van der Waals surface area contributed by atoms with Gasteiger partial charge in [-0.15, -0.1) is 11.6 Å². The first-order valence-corrected chi connectivity index (χ1v) is 5.94. The van der Waals surface area contributed by atoms with Gasteiger partial charge in [-0.3, -0.25) is 4.68 Å². The topological polar surface area (TPSA) is 21.1 Å². The molecule has 1 aromatic heterocycles. The van der Waals surface area contributed by atoms with Crippen LogP contribution in [0.25, 0.3) is 0 Å². The molecule has 0 amide bonds. The molecule has 0 aliphatic heterocycles. The Kier molecular flexibility index (Phi) is 4.45. The summed E-state index contributed by atoms with van der Waals surface area (Å²) in [6, 6.07) is 0. The maximum Gasteiger partial charge on any atom is 0.130 e. The number of nitrogens with zero attached hydrogens (tertiary/aromatic N) is 3. The molecule has 15 heavy (non-hydrogen) atoms. The van der Waals surface area contributed by atoms with E-state index in [4.69, 9.17) is 11.6 Å². The van der Waals surface area contributed by atoms with Crippen LogP contribution in [0.5, 0.6) is 0 Å². The Morgan fingerprint density at radius 3 is 2.67 bits per heavy atom. The molecule has 3 nitrogen and oxygen atoms in total. The van der Waals surface area contributed by atoms with Gasteiger partial charge in [0.05, 0.1) is 11.6 Å².